The van der Waals surface area contributed by atoms with Crippen molar-refractivity contribution in [2.24, 2.45) is 0 Å². The Labute approximate surface area is 137 Å². The highest BCUT2D eigenvalue weighted by Gasteiger charge is 2.15. The normalized spacial score (nSPS) is 11.8. The first-order chi connectivity index (χ1) is 9.95. The van der Waals surface area contributed by atoms with Crippen molar-refractivity contribution >= 4 is 39.1 Å². The Morgan fingerprint density at radius 2 is 2.05 bits per heavy atom. The van der Waals surface area contributed by atoms with Gasteiger partial charge in [0, 0.05) is 15.2 Å². The maximum Gasteiger partial charge on any atom is 0.265 e. The minimum absolute atomic E-state index is 0.208. The maximum absolute atomic E-state index is 12.1. The average Bonchev–Trinajstić information content (AvgIpc) is 2.43. The first-order valence-corrected chi connectivity index (χ1v) is 7.62. The van der Waals surface area contributed by atoms with Gasteiger partial charge in [-0.25, -0.2) is 0 Å². The van der Waals surface area contributed by atoms with Gasteiger partial charge in [0.15, 0.2) is 6.10 Å². The zero-order valence-corrected chi connectivity index (χ0v) is 14.0. The standard InChI is InChI=1S/C16H15BrClNO2/c1-10-8-14(6-7-15(10)18)21-11(2)16(20)19-13-5-3-4-12(17)9-13/h3-9,11H,1-2H3,(H,19,20). The first kappa shape index (κ1) is 15.9. The lowest BCUT2D eigenvalue weighted by Gasteiger charge is -2.15. The topological polar surface area (TPSA) is 38.3 Å². The van der Waals surface area contributed by atoms with Crippen molar-refractivity contribution in [3.05, 3.63) is 57.5 Å². The Bertz CT molecular complexity index is 660. The van der Waals surface area contributed by atoms with E-state index in [-0.39, 0.29) is 5.91 Å². The number of carbonyl (C=O) groups excluding carboxylic acids is 1. The molecule has 0 aromatic heterocycles. The second kappa shape index (κ2) is 6.96. The van der Waals surface area contributed by atoms with E-state index in [1.807, 2.05) is 37.3 Å². The Balaban J connectivity index is 2.00. The number of carbonyl (C=O) groups is 1. The van der Waals surface area contributed by atoms with E-state index in [0.717, 1.165) is 15.7 Å². The number of halogens is 2. The Morgan fingerprint density at radius 3 is 2.71 bits per heavy atom. The van der Waals surface area contributed by atoms with E-state index in [0.29, 0.717) is 10.8 Å². The van der Waals surface area contributed by atoms with Crippen molar-refractivity contribution in [3.8, 4) is 5.75 Å². The van der Waals surface area contributed by atoms with Gasteiger partial charge in [0.05, 0.1) is 0 Å². The highest BCUT2D eigenvalue weighted by molar-refractivity contribution is 9.10. The predicted molar refractivity (Wildman–Crippen MR) is 89.1 cm³/mol. The van der Waals surface area contributed by atoms with Gasteiger partial charge in [-0.2, -0.15) is 0 Å². The van der Waals surface area contributed by atoms with Gasteiger partial charge in [0.1, 0.15) is 5.75 Å². The van der Waals surface area contributed by atoms with Crippen LogP contribution >= 0.6 is 27.5 Å². The fourth-order valence-electron chi connectivity index (χ4n) is 1.76. The van der Waals surface area contributed by atoms with Gasteiger partial charge in [0.2, 0.25) is 0 Å². The summed E-state index contributed by atoms with van der Waals surface area (Å²) in [4.78, 5) is 12.1. The molecule has 0 heterocycles. The zero-order valence-electron chi connectivity index (χ0n) is 11.7. The molecule has 1 atom stereocenters. The van der Waals surface area contributed by atoms with Crippen LogP contribution in [-0.4, -0.2) is 12.0 Å². The quantitative estimate of drug-likeness (QED) is 0.840. The molecule has 0 spiro atoms. The smallest absolute Gasteiger partial charge is 0.265 e. The largest absolute Gasteiger partial charge is 0.481 e. The van der Waals surface area contributed by atoms with Crippen LogP contribution in [0.2, 0.25) is 5.02 Å². The van der Waals surface area contributed by atoms with Crippen LogP contribution in [0.25, 0.3) is 0 Å². The van der Waals surface area contributed by atoms with Gasteiger partial charge in [-0.05, 0) is 55.8 Å². The molecule has 110 valence electrons. The van der Waals surface area contributed by atoms with Crippen molar-refractivity contribution in [2.45, 2.75) is 20.0 Å². The molecule has 0 fully saturated rings. The molecule has 2 rings (SSSR count). The van der Waals surface area contributed by atoms with Gasteiger partial charge in [-0.1, -0.05) is 33.6 Å². The Morgan fingerprint density at radius 1 is 1.29 bits per heavy atom. The van der Waals surface area contributed by atoms with Gasteiger partial charge in [-0.3, -0.25) is 4.79 Å². The van der Waals surface area contributed by atoms with Crippen LogP contribution in [-0.2, 0) is 4.79 Å². The summed E-state index contributed by atoms with van der Waals surface area (Å²) in [6.07, 6.45) is -0.607. The van der Waals surface area contributed by atoms with E-state index >= 15 is 0 Å². The number of anilines is 1. The summed E-state index contributed by atoms with van der Waals surface area (Å²) in [5.74, 6) is 0.412. The molecule has 5 heteroatoms. The minimum Gasteiger partial charge on any atom is -0.481 e. The van der Waals surface area contributed by atoms with E-state index in [1.165, 1.54) is 0 Å². The third kappa shape index (κ3) is 4.48. The molecular weight excluding hydrogens is 354 g/mol. The SMILES string of the molecule is Cc1cc(OC(C)C(=O)Nc2cccc(Br)c2)ccc1Cl. The van der Waals surface area contributed by atoms with Crippen LogP contribution in [0.1, 0.15) is 12.5 Å². The predicted octanol–water partition coefficient (Wildman–Crippen LogP) is 4.82. The number of benzene rings is 2. The molecule has 0 aliphatic heterocycles. The highest BCUT2D eigenvalue weighted by Crippen LogP contribution is 2.22. The summed E-state index contributed by atoms with van der Waals surface area (Å²) >= 11 is 9.33. The molecule has 3 nitrogen and oxygen atoms in total. The summed E-state index contributed by atoms with van der Waals surface area (Å²) in [5.41, 5.74) is 1.63. The van der Waals surface area contributed by atoms with E-state index in [4.69, 9.17) is 16.3 Å². The Kier molecular flexibility index (Phi) is 5.26. The second-order valence-corrected chi connectivity index (χ2v) is 5.99. The lowest BCUT2D eigenvalue weighted by Crippen LogP contribution is -2.30. The molecule has 2 aromatic rings. The van der Waals surface area contributed by atoms with E-state index in [2.05, 4.69) is 21.2 Å². The average molecular weight is 369 g/mol. The minimum atomic E-state index is -0.607. The number of ether oxygens (including phenoxy) is 1. The zero-order chi connectivity index (χ0) is 15.4. The van der Waals surface area contributed by atoms with E-state index in [1.54, 1.807) is 19.1 Å². The third-order valence-electron chi connectivity index (χ3n) is 2.90. The molecule has 0 aliphatic rings. The number of hydrogen-bond acceptors (Lipinski definition) is 2. The fraction of sp³-hybridized carbons (Fsp3) is 0.188. The monoisotopic (exact) mass is 367 g/mol. The highest BCUT2D eigenvalue weighted by atomic mass is 79.9. The number of aryl methyl sites for hydroxylation is 1. The molecule has 1 amide bonds. The molecule has 2 aromatic carbocycles. The molecule has 21 heavy (non-hydrogen) atoms. The third-order valence-corrected chi connectivity index (χ3v) is 3.82. The van der Waals surface area contributed by atoms with Crippen LogP contribution in [0.15, 0.2) is 46.9 Å². The van der Waals surface area contributed by atoms with Crippen LogP contribution in [0.4, 0.5) is 5.69 Å². The molecule has 0 bridgehead atoms. The molecule has 0 saturated heterocycles. The lowest BCUT2D eigenvalue weighted by molar-refractivity contribution is -0.122. The molecule has 1 unspecified atom stereocenters. The fourth-order valence-corrected chi connectivity index (χ4v) is 2.28. The summed E-state index contributed by atoms with van der Waals surface area (Å²) < 4.78 is 6.54. The first-order valence-electron chi connectivity index (χ1n) is 6.45. The van der Waals surface area contributed by atoms with Gasteiger partial charge in [-0.15, -0.1) is 0 Å². The number of amides is 1. The van der Waals surface area contributed by atoms with E-state index < -0.39 is 6.10 Å². The van der Waals surface area contributed by atoms with Crippen molar-refractivity contribution in [1.82, 2.24) is 0 Å². The maximum atomic E-state index is 12.1. The van der Waals surface area contributed by atoms with Gasteiger partial charge in [0.25, 0.3) is 5.91 Å². The van der Waals surface area contributed by atoms with Crippen molar-refractivity contribution < 1.29 is 9.53 Å². The Hall–Kier alpha value is -1.52. The molecule has 0 aliphatic carbocycles. The second-order valence-electron chi connectivity index (χ2n) is 4.67. The molecular formula is C16H15BrClNO2. The van der Waals surface area contributed by atoms with Crippen molar-refractivity contribution in [2.75, 3.05) is 5.32 Å². The van der Waals surface area contributed by atoms with Gasteiger partial charge < -0.3 is 10.1 Å². The lowest BCUT2D eigenvalue weighted by atomic mass is 10.2. The van der Waals surface area contributed by atoms with Crippen LogP contribution in [0, 0.1) is 6.92 Å². The van der Waals surface area contributed by atoms with Crippen LogP contribution in [0.3, 0.4) is 0 Å². The summed E-state index contributed by atoms with van der Waals surface area (Å²) in [6, 6.07) is 12.7. The van der Waals surface area contributed by atoms with Crippen molar-refractivity contribution in [1.29, 1.82) is 0 Å². The van der Waals surface area contributed by atoms with E-state index in [9.17, 15) is 4.79 Å². The molecule has 0 saturated carbocycles. The van der Waals surface area contributed by atoms with Gasteiger partial charge >= 0.3 is 0 Å². The summed E-state index contributed by atoms with van der Waals surface area (Å²) in [5, 5.41) is 3.48. The van der Waals surface area contributed by atoms with Crippen LogP contribution < -0.4 is 10.1 Å². The number of rotatable bonds is 4. The summed E-state index contributed by atoms with van der Waals surface area (Å²) in [6.45, 7) is 3.60. The molecule has 1 N–H and O–H groups in total. The number of nitrogens with one attached hydrogen (secondary N) is 1. The number of hydrogen-bond donors (Lipinski definition) is 1. The summed E-state index contributed by atoms with van der Waals surface area (Å²) in [7, 11) is 0. The molecule has 0 radical (unpaired) electrons. The van der Waals surface area contributed by atoms with Crippen LogP contribution in [0.5, 0.6) is 5.75 Å². The van der Waals surface area contributed by atoms with Crippen molar-refractivity contribution in [3.63, 3.8) is 0 Å².